The molecule has 0 saturated carbocycles. The fourth-order valence-electron chi connectivity index (χ4n) is 2.66. The van der Waals surface area contributed by atoms with Gasteiger partial charge in [-0.3, -0.25) is 9.59 Å². The molecule has 2 N–H and O–H groups in total. The number of hydrogen-bond acceptors (Lipinski definition) is 4. The molecule has 0 aromatic heterocycles. The number of amides is 2. The topological polar surface area (TPSA) is 76.7 Å². The summed E-state index contributed by atoms with van der Waals surface area (Å²) in [6.07, 6.45) is 0. The van der Waals surface area contributed by atoms with Crippen LogP contribution in [0.4, 0.5) is 0 Å². The molecule has 0 saturated heterocycles. The van der Waals surface area contributed by atoms with Gasteiger partial charge >= 0.3 is 0 Å². The van der Waals surface area contributed by atoms with Crippen LogP contribution in [0.25, 0.3) is 0 Å². The number of rotatable bonds is 8. The number of methoxy groups -OCH3 is 1. The minimum atomic E-state index is -0.389. The minimum absolute atomic E-state index is 0.139. The molecule has 0 aliphatic rings. The van der Waals surface area contributed by atoms with Crippen molar-refractivity contribution < 1.29 is 19.1 Å². The van der Waals surface area contributed by atoms with Crippen molar-refractivity contribution in [3.8, 4) is 17.2 Å². The highest BCUT2D eigenvalue weighted by molar-refractivity contribution is 9.10. The van der Waals surface area contributed by atoms with Gasteiger partial charge in [0.15, 0.2) is 0 Å². The molecule has 0 bridgehead atoms. The molecule has 3 aromatic rings. The van der Waals surface area contributed by atoms with Gasteiger partial charge in [-0.15, -0.1) is 0 Å². The average molecular weight is 469 g/mol. The van der Waals surface area contributed by atoms with Gasteiger partial charge in [-0.25, -0.2) is 0 Å². The van der Waals surface area contributed by atoms with Gasteiger partial charge in [-0.05, 0) is 48.0 Å². The van der Waals surface area contributed by atoms with Crippen molar-refractivity contribution in [1.82, 2.24) is 10.6 Å². The predicted octanol–water partition coefficient (Wildman–Crippen LogP) is 4.30. The zero-order valence-corrected chi connectivity index (χ0v) is 17.9. The van der Waals surface area contributed by atoms with E-state index in [1.165, 1.54) is 0 Å². The Balaban J connectivity index is 1.54. The van der Waals surface area contributed by atoms with E-state index in [1.807, 2.05) is 36.4 Å². The molecular formula is C23H21BrN2O4. The number of carbonyl (C=O) groups is 2. The number of ether oxygens (including phenoxy) is 2. The molecule has 30 heavy (non-hydrogen) atoms. The van der Waals surface area contributed by atoms with Crippen LogP contribution in [0.15, 0.2) is 77.3 Å². The molecular weight excluding hydrogens is 448 g/mol. The van der Waals surface area contributed by atoms with Crippen LogP contribution >= 0.6 is 15.9 Å². The van der Waals surface area contributed by atoms with Crippen LogP contribution < -0.4 is 20.1 Å². The fourth-order valence-corrected chi connectivity index (χ4v) is 3.04. The molecule has 0 unspecified atom stereocenters. The maximum Gasteiger partial charge on any atom is 0.255 e. The molecule has 154 valence electrons. The molecule has 0 aliphatic carbocycles. The summed E-state index contributed by atoms with van der Waals surface area (Å²) < 4.78 is 11.8. The van der Waals surface area contributed by atoms with Crippen molar-refractivity contribution in [3.05, 3.63) is 88.4 Å². The Labute approximate surface area is 183 Å². The third-order valence-electron chi connectivity index (χ3n) is 4.21. The maximum atomic E-state index is 12.6. The van der Waals surface area contributed by atoms with Crippen molar-refractivity contribution in [1.29, 1.82) is 0 Å². The lowest BCUT2D eigenvalue weighted by molar-refractivity contribution is -0.120. The van der Waals surface area contributed by atoms with Crippen LogP contribution in [-0.2, 0) is 11.3 Å². The highest BCUT2D eigenvalue weighted by Gasteiger charge is 2.14. The average Bonchev–Trinajstić information content (AvgIpc) is 2.77. The SMILES string of the molecule is COc1ccc(CNC(=O)CNC(=O)c2ccccc2Oc2cccc(Br)c2)cc1. The van der Waals surface area contributed by atoms with Gasteiger partial charge in [0.1, 0.15) is 17.2 Å². The Morgan fingerprint density at radius 3 is 2.40 bits per heavy atom. The van der Waals surface area contributed by atoms with Crippen molar-refractivity contribution in [2.75, 3.05) is 13.7 Å². The monoisotopic (exact) mass is 468 g/mol. The first-order valence-corrected chi connectivity index (χ1v) is 10.0. The number of benzene rings is 3. The van der Waals surface area contributed by atoms with E-state index < -0.39 is 0 Å². The molecule has 0 aliphatic heterocycles. The van der Waals surface area contributed by atoms with Gasteiger partial charge in [0.05, 0.1) is 19.2 Å². The number of halogens is 1. The summed E-state index contributed by atoms with van der Waals surface area (Å²) in [6, 6.07) is 21.6. The quantitative estimate of drug-likeness (QED) is 0.516. The molecule has 0 fully saturated rings. The Morgan fingerprint density at radius 2 is 1.67 bits per heavy atom. The highest BCUT2D eigenvalue weighted by Crippen LogP contribution is 2.27. The second-order valence-electron chi connectivity index (χ2n) is 6.36. The van der Waals surface area contributed by atoms with E-state index in [0.717, 1.165) is 15.8 Å². The first-order chi connectivity index (χ1) is 14.5. The zero-order chi connectivity index (χ0) is 21.3. The first-order valence-electron chi connectivity index (χ1n) is 9.25. The maximum absolute atomic E-state index is 12.6. The van der Waals surface area contributed by atoms with Crippen molar-refractivity contribution >= 4 is 27.7 Å². The molecule has 7 heteroatoms. The van der Waals surface area contributed by atoms with Gasteiger partial charge in [-0.1, -0.05) is 46.3 Å². The van der Waals surface area contributed by atoms with Gasteiger partial charge in [0.2, 0.25) is 5.91 Å². The molecule has 0 radical (unpaired) electrons. The summed E-state index contributed by atoms with van der Waals surface area (Å²) in [6.45, 7) is 0.224. The summed E-state index contributed by atoms with van der Waals surface area (Å²) in [7, 11) is 1.60. The lowest BCUT2D eigenvalue weighted by Gasteiger charge is -2.12. The minimum Gasteiger partial charge on any atom is -0.497 e. The van der Waals surface area contributed by atoms with Crippen LogP contribution in [0, 0.1) is 0 Å². The van der Waals surface area contributed by atoms with Crippen molar-refractivity contribution in [3.63, 3.8) is 0 Å². The van der Waals surface area contributed by atoms with E-state index in [0.29, 0.717) is 23.6 Å². The van der Waals surface area contributed by atoms with Crippen molar-refractivity contribution in [2.24, 2.45) is 0 Å². The van der Waals surface area contributed by atoms with Crippen LogP contribution in [0.2, 0.25) is 0 Å². The van der Waals surface area contributed by atoms with Crippen LogP contribution in [0.1, 0.15) is 15.9 Å². The lowest BCUT2D eigenvalue weighted by atomic mass is 10.2. The van der Waals surface area contributed by atoms with Crippen molar-refractivity contribution in [2.45, 2.75) is 6.54 Å². The number of hydrogen-bond donors (Lipinski definition) is 2. The fraction of sp³-hybridized carbons (Fsp3) is 0.130. The summed E-state index contributed by atoms with van der Waals surface area (Å²) in [5.74, 6) is 1.08. The van der Waals surface area contributed by atoms with Crippen LogP contribution in [0.3, 0.4) is 0 Å². The second kappa shape index (κ2) is 10.5. The lowest BCUT2D eigenvalue weighted by Crippen LogP contribution is -2.36. The van der Waals surface area contributed by atoms with Gasteiger partial charge in [-0.2, -0.15) is 0 Å². The van der Waals surface area contributed by atoms with E-state index >= 15 is 0 Å². The van der Waals surface area contributed by atoms with E-state index in [4.69, 9.17) is 9.47 Å². The normalized spacial score (nSPS) is 10.2. The Morgan fingerprint density at radius 1 is 0.900 bits per heavy atom. The summed E-state index contributed by atoms with van der Waals surface area (Å²) >= 11 is 3.39. The smallest absolute Gasteiger partial charge is 0.255 e. The summed E-state index contributed by atoms with van der Waals surface area (Å²) in [4.78, 5) is 24.7. The van der Waals surface area contributed by atoms with Crippen LogP contribution in [-0.4, -0.2) is 25.5 Å². The predicted molar refractivity (Wildman–Crippen MR) is 118 cm³/mol. The van der Waals surface area contributed by atoms with E-state index in [2.05, 4.69) is 26.6 Å². The third-order valence-corrected chi connectivity index (χ3v) is 4.71. The van der Waals surface area contributed by atoms with Crippen LogP contribution in [0.5, 0.6) is 17.2 Å². The van der Waals surface area contributed by atoms with E-state index in [9.17, 15) is 9.59 Å². The summed E-state index contributed by atoms with van der Waals surface area (Å²) in [5.41, 5.74) is 1.28. The number of para-hydroxylation sites is 1. The highest BCUT2D eigenvalue weighted by atomic mass is 79.9. The first kappa shape index (κ1) is 21.4. The molecule has 0 heterocycles. The van der Waals surface area contributed by atoms with Gasteiger partial charge < -0.3 is 20.1 Å². The molecule has 6 nitrogen and oxygen atoms in total. The Hall–Kier alpha value is -3.32. The molecule has 2 amide bonds. The Kier molecular flexibility index (Phi) is 7.45. The zero-order valence-electron chi connectivity index (χ0n) is 16.4. The molecule has 0 atom stereocenters. The summed E-state index contributed by atoms with van der Waals surface area (Å²) in [5, 5.41) is 5.40. The Bertz CT molecular complexity index is 1020. The van der Waals surface area contributed by atoms with Gasteiger partial charge in [0, 0.05) is 11.0 Å². The second-order valence-corrected chi connectivity index (χ2v) is 7.28. The molecule has 3 aromatic carbocycles. The number of carbonyl (C=O) groups excluding carboxylic acids is 2. The third kappa shape index (κ3) is 6.09. The van der Waals surface area contributed by atoms with Gasteiger partial charge in [0.25, 0.3) is 5.91 Å². The largest absolute Gasteiger partial charge is 0.497 e. The van der Waals surface area contributed by atoms with E-state index in [1.54, 1.807) is 43.5 Å². The standard InChI is InChI=1S/C23H21BrN2O4/c1-29-18-11-9-16(10-12-18)14-25-22(27)15-26-23(28)20-7-2-3-8-21(20)30-19-6-4-5-17(24)13-19/h2-13H,14-15H2,1H3,(H,25,27)(H,26,28). The number of nitrogens with one attached hydrogen (secondary N) is 2. The molecule has 3 rings (SSSR count). The van der Waals surface area contributed by atoms with E-state index in [-0.39, 0.29) is 18.4 Å². The molecule has 0 spiro atoms.